The molecule has 3 heterocycles. The standard InChI is InChI=1S/C28H25FN4O5/c29-18-6-7-19-22(15-24(38-25(19)14-18)17-5-8-23-26(13-17)36-12-11-35-23)31-20-3-1-2-4-21(20)32-28(34)33-9-10-37-27(30)16-33/h1-8,13-15,27H,9-12,16,30H2,(H,32,34). The predicted molar refractivity (Wildman–Crippen MR) is 139 cm³/mol. The molecule has 0 spiro atoms. The van der Waals surface area contributed by atoms with Gasteiger partial charge in [0.1, 0.15) is 36.6 Å². The van der Waals surface area contributed by atoms with Crippen LogP contribution >= 0.6 is 0 Å². The van der Waals surface area contributed by atoms with Crippen LogP contribution in [0, 0.1) is 5.82 Å². The summed E-state index contributed by atoms with van der Waals surface area (Å²) in [6, 6.07) is 18.5. The summed E-state index contributed by atoms with van der Waals surface area (Å²) in [5.41, 5.74) is 7.95. The lowest BCUT2D eigenvalue weighted by molar-refractivity contribution is -0.00813. The molecule has 4 aromatic rings. The third kappa shape index (κ3) is 4.91. The third-order valence-electron chi connectivity index (χ3n) is 6.30. The summed E-state index contributed by atoms with van der Waals surface area (Å²) < 4.78 is 36.9. The maximum atomic E-state index is 14.2. The average Bonchev–Trinajstić information content (AvgIpc) is 2.93. The van der Waals surface area contributed by atoms with E-state index in [4.69, 9.17) is 29.4 Å². The Bertz CT molecular complexity index is 1590. The van der Waals surface area contributed by atoms with Gasteiger partial charge in [0.25, 0.3) is 0 Å². The number of hydrogen-bond donors (Lipinski definition) is 2. The van der Waals surface area contributed by atoms with E-state index in [-0.39, 0.29) is 6.03 Å². The Morgan fingerprint density at radius 3 is 2.71 bits per heavy atom. The molecular weight excluding hydrogens is 491 g/mol. The lowest BCUT2D eigenvalue weighted by atomic mass is 10.1. The molecule has 3 aromatic carbocycles. The summed E-state index contributed by atoms with van der Waals surface area (Å²) in [6.07, 6.45) is -0.520. The molecule has 1 fully saturated rings. The second-order valence-electron chi connectivity index (χ2n) is 8.91. The minimum atomic E-state index is -0.520. The third-order valence-corrected chi connectivity index (χ3v) is 6.30. The Labute approximate surface area is 217 Å². The van der Waals surface area contributed by atoms with E-state index in [2.05, 4.69) is 5.32 Å². The molecule has 1 atom stereocenters. The van der Waals surface area contributed by atoms with Crippen LogP contribution < -0.4 is 25.9 Å². The molecule has 2 aliphatic heterocycles. The summed E-state index contributed by atoms with van der Waals surface area (Å²) >= 11 is 0. The molecule has 10 heteroatoms. The molecular formula is C28H25FN4O5. The number of nitrogens with zero attached hydrogens (tertiary/aromatic N) is 2. The number of nitrogens with two attached hydrogens (primary N) is 1. The van der Waals surface area contributed by atoms with Gasteiger partial charge >= 0.3 is 6.03 Å². The van der Waals surface area contributed by atoms with Crippen molar-refractivity contribution in [3.8, 4) is 22.8 Å². The predicted octanol–water partition coefficient (Wildman–Crippen LogP) is 4.39. The maximum Gasteiger partial charge on any atom is 0.322 e. The molecule has 38 heavy (non-hydrogen) atoms. The topological polar surface area (TPSA) is 112 Å². The van der Waals surface area contributed by atoms with Crippen LogP contribution in [0.25, 0.3) is 22.3 Å². The first kappa shape index (κ1) is 24.0. The SMILES string of the molecule is NC1CN(C(=O)Nc2ccccc2N=c2cc(-c3ccc4c(c3)OCCO4)oc3cc(F)ccc23)CCO1. The van der Waals surface area contributed by atoms with Gasteiger partial charge in [0.15, 0.2) is 11.5 Å². The number of anilines is 1. The van der Waals surface area contributed by atoms with Crippen molar-refractivity contribution in [1.29, 1.82) is 0 Å². The van der Waals surface area contributed by atoms with Crippen molar-refractivity contribution in [2.75, 3.05) is 38.2 Å². The van der Waals surface area contributed by atoms with E-state index in [0.29, 0.717) is 77.9 Å². The van der Waals surface area contributed by atoms with Crippen LogP contribution in [0.5, 0.6) is 11.5 Å². The summed E-state index contributed by atoms with van der Waals surface area (Å²) in [4.78, 5) is 19.4. The van der Waals surface area contributed by atoms with Crippen molar-refractivity contribution in [3.05, 3.63) is 77.9 Å². The fraction of sp³-hybridized carbons (Fsp3) is 0.214. The number of ether oxygens (including phenoxy) is 3. The Balaban J connectivity index is 1.42. The molecule has 0 saturated carbocycles. The van der Waals surface area contributed by atoms with Gasteiger partial charge in [-0.15, -0.1) is 0 Å². The number of carbonyl (C=O) groups is 1. The molecule has 1 aromatic heterocycles. The number of benzene rings is 3. The minimum Gasteiger partial charge on any atom is -0.486 e. The van der Waals surface area contributed by atoms with Crippen LogP contribution in [-0.4, -0.2) is 50.1 Å². The zero-order valence-electron chi connectivity index (χ0n) is 20.4. The smallest absolute Gasteiger partial charge is 0.322 e. The number of rotatable bonds is 3. The van der Waals surface area contributed by atoms with Crippen molar-refractivity contribution in [2.24, 2.45) is 10.7 Å². The van der Waals surface area contributed by atoms with Gasteiger partial charge in [0, 0.05) is 29.6 Å². The fourth-order valence-corrected chi connectivity index (χ4v) is 4.43. The maximum absolute atomic E-state index is 14.2. The van der Waals surface area contributed by atoms with Crippen molar-refractivity contribution < 1.29 is 27.8 Å². The largest absolute Gasteiger partial charge is 0.486 e. The van der Waals surface area contributed by atoms with Gasteiger partial charge in [-0.25, -0.2) is 14.2 Å². The first-order valence-electron chi connectivity index (χ1n) is 12.2. The zero-order valence-corrected chi connectivity index (χ0v) is 20.4. The first-order valence-corrected chi connectivity index (χ1v) is 12.2. The normalized spacial score (nSPS) is 17.5. The van der Waals surface area contributed by atoms with Gasteiger partial charge in [-0.3, -0.25) is 0 Å². The summed E-state index contributed by atoms with van der Waals surface area (Å²) in [7, 11) is 0. The van der Waals surface area contributed by atoms with E-state index in [1.807, 2.05) is 30.3 Å². The van der Waals surface area contributed by atoms with Crippen LogP contribution in [0.4, 0.5) is 20.6 Å². The molecule has 1 unspecified atom stereocenters. The average molecular weight is 517 g/mol. The van der Waals surface area contributed by atoms with Gasteiger partial charge in [0.05, 0.1) is 29.9 Å². The van der Waals surface area contributed by atoms with Crippen LogP contribution in [0.2, 0.25) is 0 Å². The van der Waals surface area contributed by atoms with Crippen molar-refractivity contribution in [3.63, 3.8) is 0 Å². The highest BCUT2D eigenvalue weighted by Crippen LogP contribution is 2.35. The molecule has 9 nitrogen and oxygen atoms in total. The van der Waals surface area contributed by atoms with Crippen molar-refractivity contribution >= 4 is 28.4 Å². The second kappa shape index (κ2) is 10.2. The summed E-state index contributed by atoms with van der Waals surface area (Å²) in [5, 5.41) is 4.09. The first-order chi connectivity index (χ1) is 18.5. The van der Waals surface area contributed by atoms with Crippen molar-refractivity contribution in [2.45, 2.75) is 6.23 Å². The molecule has 2 amide bonds. The molecule has 0 bridgehead atoms. The van der Waals surface area contributed by atoms with Crippen LogP contribution in [-0.2, 0) is 4.74 Å². The number of amides is 2. The number of morpholine rings is 1. The molecule has 0 radical (unpaired) electrons. The number of hydrogen-bond acceptors (Lipinski definition) is 7. The minimum absolute atomic E-state index is 0.292. The molecule has 194 valence electrons. The van der Waals surface area contributed by atoms with Gasteiger partial charge in [-0.1, -0.05) is 12.1 Å². The lowest BCUT2D eigenvalue weighted by Crippen LogP contribution is -2.50. The number of nitrogens with one attached hydrogen (secondary N) is 1. The van der Waals surface area contributed by atoms with E-state index in [1.54, 1.807) is 29.2 Å². The van der Waals surface area contributed by atoms with Gasteiger partial charge < -0.3 is 34.6 Å². The Morgan fingerprint density at radius 2 is 1.84 bits per heavy atom. The quantitative estimate of drug-likeness (QED) is 0.418. The zero-order chi connectivity index (χ0) is 26.1. The number of urea groups is 1. The molecule has 6 rings (SSSR count). The monoisotopic (exact) mass is 516 g/mol. The highest BCUT2D eigenvalue weighted by Gasteiger charge is 2.22. The molecule has 2 aliphatic rings. The van der Waals surface area contributed by atoms with Gasteiger partial charge in [-0.05, 0) is 42.5 Å². The molecule has 0 aliphatic carbocycles. The van der Waals surface area contributed by atoms with Gasteiger partial charge in [-0.2, -0.15) is 0 Å². The van der Waals surface area contributed by atoms with E-state index in [1.165, 1.54) is 12.1 Å². The van der Waals surface area contributed by atoms with Crippen LogP contribution in [0.1, 0.15) is 0 Å². The lowest BCUT2D eigenvalue weighted by Gasteiger charge is -2.31. The Morgan fingerprint density at radius 1 is 1.00 bits per heavy atom. The van der Waals surface area contributed by atoms with Crippen LogP contribution in [0.15, 0.2) is 76.1 Å². The van der Waals surface area contributed by atoms with Crippen molar-refractivity contribution in [1.82, 2.24) is 4.90 Å². The highest BCUT2D eigenvalue weighted by atomic mass is 19.1. The van der Waals surface area contributed by atoms with E-state index in [0.717, 1.165) is 5.56 Å². The fourth-order valence-electron chi connectivity index (χ4n) is 4.43. The highest BCUT2D eigenvalue weighted by molar-refractivity contribution is 5.92. The number of halogens is 1. The van der Waals surface area contributed by atoms with E-state index in [9.17, 15) is 9.18 Å². The Hall–Kier alpha value is -4.41. The number of para-hydroxylation sites is 2. The summed E-state index contributed by atoms with van der Waals surface area (Å²) in [5.74, 6) is 1.31. The summed E-state index contributed by atoms with van der Waals surface area (Å²) in [6.45, 7) is 2.05. The van der Waals surface area contributed by atoms with Gasteiger partial charge in [0.2, 0.25) is 0 Å². The number of carbonyl (C=O) groups excluding carboxylic acids is 1. The Kier molecular flexibility index (Phi) is 6.40. The second-order valence-corrected chi connectivity index (χ2v) is 8.91. The van der Waals surface area contributed by atoms with E-state index < -0.39 is 12.0 Å². The molecule has 1 saturated heterocycles. The number of fused-ring (bicyclic) bond motifs is 2. The molecule has 3 N–H and O–H groups in total. The van der Waals surface area contributed by atoms with E-state index >= 15 is 0 Å². The van der Waals surface area contributed by atoms with Crippen LogP contribution in [0.3, 0.4) is 0 Å².